The van der Waals surface area contributed by atoms with Crippen molar-refractivity contribution in [3.63, 3.8) is 0 Å². The summed E-state index contributed by atoms with van der Waals surface area (Å²) >= 11 is 1.40. The maximum Gasteiger partial charge on any atom is 0.213 e. The monoisotopic (exact) mass is 286 g/mol. The number of ketones is 1. The van der Waals surface area contributed by atoms with E-state index in [4.69, 9.17) is 0 Å². The Morgan fingerprint density at radius 2 is 1.90 bits per heavy atom. The molecule has 0 aliphatic carbocycles. The van der Waals surface area contributed by atoms with Crippen molar-refractivity contribution in [3.05, 3.63) is 29.8 Å². The summed E-state index contributed by atoms with van der Waals surface area (Å²) in [6.07, 6.45) is 0. The largest absolute Gasteiger partial charge is 0.298 e. The molecule has 0 fully saturated rings. The van der Waals surface area contributed by atoms with Gasteiger partial charge in [0.25, 0.3) is 0 Å². The lowest BCUT2D eigenvalue weighted by molar-refractivity contribution is -0.115. The highest BCUT2D eigenvalue weighted by Crippen LogP contribution is 2.31. The fourth-order valence-electron chi connectivity index (χ4n) is 2.09. The average Bonchev–Trinajstić information content (AvgIpc) is 2.81. The van der Waals surface area contributed by atoms with E-state index in [0.29, 0.717) is 11.0 Å². The van der Waals surface area contributed by atoms with Crippen molar-refractivity contribution in [2.45, 2.75) is 31.2 Å². The van der Waals surface area contributed by atoms with Crippen LogP contribution in [0.15, 0.2) is 34.5 Å². The zero-order valence-corrected chi connectivity index (χ0v) is 12.3. The first-order chi connectivity index (χ1) is 9.56. The normalized spacial score (nSPS) is 17.6. The molecule has 1 unspecified atom stereocenters. The fourth-order valence-corrected chi connectivity index (χ4v) is 3.00. The number of carbonyl (C=O) groups is 1. The third-order valence-corrected chi connectivity index (χ3v) is 4.53. The molecule has 0 radical (unpaired) electrons. The Labute approximate surface area is 121 Å². The lowest BCUT2D eigenvalue weighted by Crippen LogP contribution is -2.27. The van der Waals surface area contributed by atoms with Crippen LogP contribution >= 0.6 is 11.8 Å². The Morgan fingerprint density at radius 3 is 2.55 bits per heavy atom. The standard InChI is InChI=1S/C14H14N4OS/c1-8-4-6-11(7-5-8)13-15-16-14-18(13)17-9(2)12(20-14)10(3)19/h4-7,12H,1-3H3. The molecule has 0 bridgehead atoms. The third-order valence-electron chi connectivity index (χ3n) is 3.15. The highest BCUT2D eigenvalue weighted by molar-refractivity contribution is 8.01. The predicted molar refractivity (Wildman–Crippen MR) is 79.0 cm³/mol. The molecule has 0 N–H and O–H groups in total. The van der Waals surface area contributed by atoms with Crippen LogP contribution in [0.4, 0.5) is 0 Å². The lowest BCUT2D eigenvalue weighted by Gasteiger charge is -2.18. The van der Waals surface area contributed by atoms with Crippen molar-refractivity contribution in [1.29, 1.82) is 0 Å². The zero-order chi connectivity index (χ0) is 14.3. The first-order valence-corrected chi connectivity index (χ1v) is 7.19. The summed E-state index contributed by atoms with van der Waals surface area (Å²) in [4.78, 5) is 11.6. The van der Waals surface area contributed by atoms with Gasteiger partial charge in [0.2, 0.25) is 5.16 Å². The van der Waals surface area contributed by atoms with Gasteiger partial charge in [-0.3, -0.25) is 4.79 Å². The maximum atomic E-state index is 11.6. The second kappa shape index (κ2) is 4.86. The highest BCUT2D eigenvalue weighted by atomic mass is 32.2. The minimum atomic E-state index is -0.252. The number of rotatable bonds is 2. The lowest BCUT2D eigenvalue weighted by atomic mass is 10.1. The van der Waals surface area contributed by atoms with Crippen LogP contribution in [0.25, 0.3) is 11.4 Å². The highest BCUT2D eigenvalue weighted by Gasteiger charge is 2.28. The fraction of sp³-hybridized carbons (Fsp3) is 0.286. The molecule has 1 aromatic heterocycles. The summed E-state index contributed by atoms with van der Waals surface area (Å²) in [7, 11) is 0. The molecule has 0 saturated carbocycles. The van der Waals surface area contributed by atoms with Crippen molar-refractivity contribution in [3.8, 4) is 11.4 Å². The quantitative estimate of drug-likeness (QED) is 0.851. The number of hydrogen-bond acceptors (Lipinski definition) is 5. The zero-order valence-electron chi connectivity index (χ0n) is 11.5. The van der Waals surface area contributed by atoms with Crippen LogP contribution in [-0.4, -0.2) is 31.6 Å². The molecule has 1 aliphatic heterocycles. The SMILES string of the molecule is CC(=O)C1Sc2nnc(-c3ccc(C)cc3)n2N=C1C. The van der Waals surface area contributed by atoms with E-state index >= 15 is 0 Å². The van der Waals surface area contributed by atoms with Crippen molar-refractivity contribution >= 4 is 23.3 Å². The summed E-state index contributed by atoms with van der Waals surface area (Å²) in [5.74, 6) is 0.788. The van der Waals surface area contributed by atoms with Crippen molar-refractivity contribution in [2.24, 2.45) is 5.10 Å². The predicted octanol–water partition coefficient (Wildman–Crippen LogP) is 2.54. The summed E-state index contributed by atoms with van der Waals surface area (Å²) < 4.78 is 1.71. The summed E-state index contributed by atoms with van der Waals surface area (Å²) in [5.41, 5.74) is 2.94. The number of carbonyl (C=O) groups excluding carboxylic acids is 1. The van der Waals surface area contributed by atoms with Gasteiger partial charge in [-0.1, -0.05) is 41.6 Å². The summed E-state index contributed by atoms with van der Waals surface area (Å²) in [6, 6.07) is 8.06. The van der Waals surface area contributed by atoms with Crippen molar-refractivity contribution in [1.82, 2.24) is 14.9 Å². The molecule has 1 aromatic carbocycles. The first kappa shape index (κ1) is 13.1. The first-order valence-electron chi connectivity index (χ1n) is 6.31. The van der Waals surface area contributed by atoms with E-state index in [2.05, 4.69) is 15.3 Å². The molecule has 5 nitrogen and oxygen atoms in total. The number of fused-ring (bicyclic) bond motifs is 1. The number of hydrogen-bond donors (Lipinski definition) is 0. The minimum absolute atomic E-state index is 0.0855. The van der Waals surface area contributed by atoms with Crippen LogP contribution < -0.4 is 0 Å². The number of Topliss-reactive ketones (excluding diaryl/α,β-unsaturated/α-hetero) is 1. The third kappa shape index (κ3) is 2.16. The van der Waals surface area contributed by atoms with Gasteiger partial charge in [-0.15, -0.1) is 10.2 Å². The Morgan fingerprint density at radius 1 is 1.20 bits per heavy atom. The molecule has 0 spiro atoms. The van der Waals surface area contributed by atoms with Gasteiger partial charge in [0, 0.05) is 5.56 Å². The topological polar surface area (TPSA) is 60.1 Å². The van der Waals surface area contributed by atoms with Gasteiger partial charge in [0.1, 0.15) is 11.0 Å². The van der Waals surface area contributed by atoms with Gasteiger partial charge >= 0.3 is 0 Å². The van der Waals surface area contributed by atoms with Gasteiger partial charge in [0.05, 0.1) is 5.71 Å². The number of aromatic nitrogens is 3. The van der Waals surface area contributed by atoms with E-state index in [1.54, 1.807) is 11.6 Å². The van der Waals surface area contributed by atoms with E-state index in [0.717, 1.165) is 11.3 Å². The van der Waals surface area contributed by atoms with Crippen LogP contribution in [0.3, 0.4) is 0 Å². The summed E-state index contributed by atoms with van der Waals surface area (Å²) in [6.45, 7) is 5.48. The second-order valence-corrected chi connectivity index (χ2v) is 5.91. The van der Waals surface area contributed by atoms with Crippen molar-refractivity contribution < 1.29 is 4.79 Å². The molecular formula is C14H14N4OS. The van der Waals surface area contributed by atoms with Crippen LogP contribution in [0.1, 0.15) is 19.4 Å². The minimum Gasteiger partial charge on any atom is -0.298 e. The van der Waals surface area contributed by atoms with Crippen LogP contribution in [-0.2, 0) is 4.79 Å². The van der Waals surface area contributed by atoms with Gasteiger partial charge in [-0.25, -0.2) is 0 Å². The van der Waals surface area contributed by atoms with Gasteiger partial charge in [-0.2, -0.15) is 9.78 Å². The van der Waals surface area contributed by atoms with Crippen LogP contribution in [0.2, 0.25) is 0 Å². The molecule has 1 atom stereocenters. The Balaban J connectivity index is 2.05. The number of benzene rings is 1. The second-order valence-electron chi connectivity index (χ2n) is 4.83. The molecule has 1 aliphatic rings. The molecule has 6 heteroatoms. The molecule has 2 aromatic rings. The van der Waals surface area contributed by atoms with E-state index in [1.807, 2.05) is 38.1 Å². The molecule has 102 valence electrons. The molecule has 3 rings (SSSR count). The molecule has 0 amide bonds. The van der Waals surface area contributed by atoms with E-state index in [1.165, 1.54) is 17.3 Å². The molecular weight excluding hydrogens is 272 g/mol. The Bertz CT molecular complexity index is 702. The Hall–Kier alpha value is -1.95. The van der Waals surface area contributed by atoms with Crippen molar-refractivity contribution in [2.75, 3.05) is 0 Å². The van der Waals surface area contributed by atoms with Gasteiger partial charge in [-0.05, 0) is 20.8 Å². The number of aryl methyl sites for hydroxylation is 1. The van der Waals surface area contributed by atoms with E-state index < -0.39 is 0 Å². The molecule has 0 saturated heterocycles. The maximum absolute atomic E-state index is 11.6. The smallest absolute Gasteiger partial charge is 0.213 e. The Kier molecular flexibility index (Phi) is 3.17. The average molecular weight is 286 g/mol. The number of thioether (sulfide) groups is 1. The summed E-state index contributed by atoms with van der Waals surface area (Å²) in [5, 5.41) is 13.2. The molecule has 2 heterocycles. The van der Waals surface area contributed by atoms with E-state index in [-0.39, 0.29) is 11.0 Å². The van der Waals surface area contributed by atoms with Crippen LogP contribution in [0.5, 0.6) is 0 Å². The van der Waals surface area contributed by atoms with Gasteiger partial charge in [0.15, 0.2) is 5.82 Å². The van der Waals surface area contributed by atoms with Crippen LogP contribution in [0, 0.1) is 6.92 Å². The molecule has 20 heavy (non-hydrogen) atoms. The van der Waals surface area contributed by atoms with E-state index in [9.17, 15) is 4.79 Å². The van der Waals surface area contributed by atoms with Gasteiger partial charge < -0.3 is 0 Å². The number of nitrogens with zero attached hydrogens (tertiary/aromatic N) is 4.